The monoisotopic (exact) mass is 257 g/mol. The molecule has 0 radical (unpaired) electrons. The van der Waals surface area contributed by atoms with Gasteiger partial charge < -0.3 is 19.5 Å². The Labute approximate surface area is 108 Å². The third-order valence-corrected chi connectivity index (χ3v) is 3.78. The number of nitrogens with one attached hydrogen (secondary N) is 1. The Hall–Kier alpha value is -0.650. The number of methoxy groups -OCH3 is 1. The van der Waals surface area contributed by atoms with Gasteiger partial charge in [-0.1, -0.05) is 0 Å². The van der Waals surface area contributed by atoms with Crippen molar-refractivity contribution in [2.75, 3.05) is 33.5 Å². The van der Waals surface area contributed by atoms with E-state index in [1.165, 1.54) is 7.11 Å². The Bertz CT molecular complexity index is 260. The zero-order valence-electron chi connectivity index (χ0n) is 11.0. The van der Waals surface area contributed by atoms with Crippen molar-refractivity contribution in [3.05, 3.63) is 0 Å². The maximum atomic E-state index is 11.8. The molecule has 2 saturated heterocycles. The summed E-state index contributed by atoms with van der Waals surface area (Å²) in [6.07, 6.45) is 4.27. The van der Waals surface area contributed by atoms with E-state index in [1.54, 1.807) is 0 Å². The van der Waals surface area contributed by atoms with Crippen molar-refractivity contribution in [3.8, 4) is 0 Å². The molecule has 2 aliphatic rings. The minimum Gasteiger partial charge on any atom is -0.468 e. The first-order valence-electron chi connectivity index (χ1n) is 6.82. The van der Waals surface area contributed by atoms with Crippen LogP contribution in [0.3, 0.4) is 0 Å². The molecule has 0 aromatic heterocycles. The van der Waals surface area contributed by atoms with E-state index >= 15 is 0 Å². The van der Waals surface area contributed by atoms with Gasteiger partial charge in [0.25, 0.3) is 0 Å². The van der Waals surface area contributed by atoms with E-state index in [0.717, 1.165) is 52.0 Å². The van der Waals surface area contributed by atoms with E-state index in [0.29, 0.717) is 5.92 Å². The molecule has 0 saturated carbocycles. The summed E-state index contributed by atoms with van der Waals surface area (Å²) >= 11 is 0. The fourth-order valence-corrected chi connectivity index (χ4v) is 2.68. The van der Waals surface area contributed by atoms with E-state index < -0.39 is 0 Å². The first kappa shape index (κ1) is 13.8. The molecule has 2 unspecified atom stereocenters. The summed E-state index contributed by atoms with van der Waals surface area (Å²) in [5, 5.41) is 3.33. The number of rotatable bonds is 5. The van der Waals surface area contributed by atoms with E-state index in [-0.39, 0.29) is 18.1 Å². The highest BCUT2D eigenvalue weighted by atomic mass is 16.5. The van der Waals surface area contributed by atoms with Gasteiger partial charge in [-0.25, -0.2) is 0 Å². The average molecular weight is 257 g/mol. The van der Waals surface area contributed by atoms with Gasteiger partial charge in [-0.2, -0.15) is 0 Å². The normalized spacial score (nSPS) is 27.1. The second-order valence-corrected chi connectivity index (χ2v) is 4.99. The molecular weight excluding hydrogens is 234 g/mol. The quantitative estimate of drug-likeness (QED) is 0.736. The number of ether oxygens (including phenoxy) is 3. The zero-order valence-corrected chi connectivity index (χ0v) is 11.0. The van der Waals surface area contributed by atoms with Crippen LogP contribution in [0.1, 0.15) is 25.7 Å². The fraction of sp³-hybridized carbons (Fsp3) is 0.923. The molecule has 2 aliphatic heterocycles. The smallest absolute Gasteiger partial charge is 0.323 e. The standard InChI is InChI=1S/C13H23NO4/c1-16-13(15)12(10-4-7-17-8-5-10)14-9-11-3-2-6-18-11/h10-12,14H,2-9H2,1H3. The zero-order chi connectivity index (χ0) is 12.8. The maximum absolute atomic E-state index is 11.8. The van der Waals surface area contributed by atoms with E-state index in [4.69, 9.17) is 14.2 Å². The van der Waals surface area contributed by atoms with E-state index in [2.05, 4.69) is 5.32 Å². The third kappa shape index (κ3) is 3.67. The molecule has 0 aromatic rings. The topological polar surface area (TPSA) is 56.8 Å². The molecule has 104 valence electrons. The summed E-state index contributed by atoms with van der Waals surface area (Å²) < 4.78 is 15.8. The maximum Gasteiger partial charge on any atom is 0.323 e. The van der Waals surface area contributed by atoms with Crippen LogP contribution in [0.25, 0.3) is 0 Å². The van der Waals surface area contributed by atoms with Crippen LogP contribution in [0, 0.1) is 5.92 Å². The van der Waals surface area contributed by atoms with Crippen molar-refractivity contribution in [1.82, 2.24) is 5.32 Å². The lowest BCUT2D eigenvalue weighted by atomic mass is 9.91. The number of carbonyl (C=O) groups excluding carboxylic acids is 1. The minimum absolute atomic E-state index is 0.167. The van der Waals surface area contributed by atoms with Crippen molar-refractivity contribution in [2.45, 2.75) is 37.8 Å². The van der Waals surface area contributed by atoms with Crippen molar-refractivity contribution < 1.29 is 19.0 Å². The van der Waals surface area contributed by atoms with Crippen LogP contribution in [0.4, 0.5) is 0 Å². The van der Waals surface area contributed by atoms with Gasteiger partial charge in [0.15, 0.2) is 0 Å². The Morgan fingerprint density at radius 2 is 2.11 bits per heavy atom. The highest BCUT2D eigenvalue weighted by molar-refractivity contribution is 5.76. The molecule has 0 amide bonds. The molecule has 0 spiro atoms. The lowest BCUT2D eigenvalue weighted by Crippen LogP contribution is -2.47. The fourth-order valence-electron chi connectivity index (χ4n) is 2.68. The van der Waals surface area contributed by atoms with Gasteiger partial charge in [-0.3, -0.25) is 4.79 Å². The summed E-state index contributed by atoms with van der Waals surface area (Å²) in [7, 11) is 1.45. The first-order chi connectivity index (χ1) is 8.81. The van der Waals surface area contributed by atoms with Gasteiger partial charge >= 0.3 is 5.97 Å². The van der Waals surface area contributed by atoms with Gasteiger partial charge in [-0.15, -0.1) is 0 Å². The van der Waals surface area contributed by atoms with Gasteiger partial charge in [0, 0.05) is 26.4 Å². The highest BCUT2D eigenvalue weighted by Crippen LogP contribution is 2.20. The van der Waals surface area contributed by atoms with E-state index in [9.17, 15) is 4.79 Å². The Kier molecular flexibility index (Phi) is 5.41. The summed E-state index contributed by atoms with van der Waals surface area (Å²) in [5.74, 6) is 0.146. The van der Waals surface area contributed by atoms with Crippen LogP contribution < -0.4 is 5.32 Å². The predicted molar refractivity (Wildman–Crippen MR) is 66.3 cm³/mol. The number of esters is 1. The predicted octanol–water partition coefficient (Wildman–Crippen LogP) is 0.723. The van der Waals surface area contributed by atoms with Crippen molar-refractivity contribution in [1.29, 1.82) is 0 Å². The molecule has 0 aliphatic carbocycles. The van der Waals surface area contributed by atoms with Crippen LogP contribution in [-0.4, -0.2) is 51.6 Å². The first-order valence-corrected chi connectivity index (χ1v) is 6.82. The summed E-state index contributed by atoms with van der Waals surface area (Å²) in [5.41, 5.74) is 0. The molecule has 5 nitrogen and oxygen atoms in total. The molecule has 1 N–H and O–H groups in total. The van der Waals surface area contributed by atoms with Crippen LogP contribution in [0.2, 0.25) is 0 Å². The van der Waals surface area contributed by atoms with E-state index in [1.807, 2.05) is 0 Å². The lowest BCUT2D eigenvalue weighted by molar-refractivity contribution is -0.145. The Morgan fingerprint density at radius 3 is 2.72 bits per heavy atom. The van der Waals surface area contributed by atoms with Crippen LogP contribution in [0.15, 0.2) is 0 Å². The largest absolute Gasteiger partial charge is 0.468 e. The number of hydrogen-bond acceptors (Lipinski definition) is 5. The summed E-state index contributed by atoms with van der Waals surface area (Å²) in [6.45, 7) is 3.04. The molecule has 5 heteroatoms. The molecule has 2 rings (SSSR count). The molecule has 2 heterocycles. The van der Waals surface area contributed by atoms with Gasteiger partial charge in [-0.05, 0) is 31.6 Å². The molecule has 0 aromatic carbocycles. The average Bonchev–Trinajstić information content (AvgIpc) is 2.93. The third-order valence-electron chi connectivity index (χ3n) is 3.78. The number of carbonyl (C=O) groups is 1. The van der Waals surface area contributed by atoms with Gasteiger partial charge in [0.05, 0.1) is 13.2 Å². The SMILES string of the molecule is COC(=O)C(NCC1CCCO1)C1CCOCC1. The molecule has 18 heavy (non-hydrogen) atoms. The van der Waals surface area contributed by atoms with Gasteiger partial charge in [0.1, 0.15) is 6.04 Å². The minimum atomic E-state index is -0.219. The molecule has 0 bridgehead atoms. The van der Waals surface area contributed by atoms with Crippen LogP contribution in [0.5, 0.6) is 0 Å². The molecule has 2 atom stereocenters. The molecule has 2 fully saturated rings. The second kappa shape index (κ2) is 7.07. The lowest BCUT2D eigenvalue weighted by Gasteiger charge is -2.29. The van der Waals surface area contributed by atoms with Crippen molar-refractivity contribution in [3.63, 3.8) is 0 Å². The summed E-state index contributed by atoms with van der Waals surface area (Å²) in [6, 6.07) is -0.219. The number of hydrogen-bond donors (Lipinski definition) is 1. The Balaban J connectivity index is 1.84. The molecular formula is C13H23NO4. The second-order valence-electron chi connectivity index (χ2n) is 4.99. The van der Waals surface area contributed by atoms with Crippen molar-refractivity contribution in [2.24, 2.45) is 5.92 Å². The summed E-state index contributed by atoms with van der Waals surface area (Å²) in [4.78, 5) is 11.8. The van der Waals surface area contributed by atoms with Crippen molar-refractivity contribution >= 4 is 5.97 Å². The Morgan fingerprint density at radius 1 is 1.33 bits per heavy atom. The van der Waals surface area contributed by atoms with Gasteiger partial charge in [0.2, 0.25) is 0 Å². The van der Waals surface area contributed by atoms with Crippen LogP contribution >= 0.6 is 0 Å². The highest BCUT2D eigenvalue weighted by Gasteiger charge is 2.31. The van der Waals surface area contributed by atoms with Crippen LogP contribution in [-0.2, 0) is 19.0 Å².